The van der Waals surface area contributed by atoms with Crippen molar-refractivity contribution in [3.05, 3.63) is 57.6 Å². The fraction of sp³-hybridized carbons (Fsp3) is 0.333. The van der Waals surface area contributed by atoms with Crippen molar-refractivity contribution in [1.29, 1.82) is 0 Å². The third-order valence-corrected chi connectivity index (χ3v) is 5.19. The number of nitrogens with zero attached hydrogens (tertiary/aromatic N) is 2. The number of nitro groups is 1. The molecule has 0 aromatic heterocycles. The van der Waals surface area contributed by atoms with E-state index in [1.54, 1.807) is 24.3 Å². The number of hydrogen-bond donors (Lipinski definition) is 0. The Labute approximate surface area is 177 Å². The van der Waals surface area contributed by atoms with Crippen molar-refractivity contribution in [1.82, 2.24) is 0 Å². The first-order valence-corrected chi connectivity index (χ1v) is 9.58. The zero-order chi connectivity index (χ0) is 22.0. The maximum atomic E-state index is 12.7. The Morgan fingerprint density at radius 3 is 2.90 bits per heavy atom. The van der Waals surface area contributed by atoms with Gasteiger partial charge in [0, 0.05) is 36.2 Å². The number of amides is 1. The highest BCUT2D eigenvalue weighted by atomic mass is 16.7. The summed E-state index contributed by atoms with van der Waals surface area (Å²) < 4.78 is 21.3. The first-order chi connectivity index (χ1) is 15.0. The summed E-state index contributed by atoms with van der Waals surface area (Å²) >= 11 is 0. The Kier molecular flexibility index (Phi) is 5.72. The molecule has 2 aromatic carbocycles. The topological polar surface area (TPSA) is 117 Å². The van der Waals surface area contributed by atoms with Crippen LogP contribution in [0, 0.1) is 16.0 Å². The lowest BCUT2D eigenvalue weighted by molar-refractivity contribution is -0.385. The van der Waals surface area contributed by atoms with E-state index in [1.807, 2.05) is 0 Å². The minimum Gasteiger partial charge on any atom is -0.495 e. The number of para-hydroxylation sites is 2. The summed E-state index contributed by atoms with van der Waals surface area (Å²) in [4.78, 5) is 37.3. The van der Waals surface area contributed by atoms with Crippen LogP contribution in [0.25, 0.3) is 0 Å². The molecule has 1 atom stereocenters. The molecule has 31 heavy (non-hydrogen) atoms. The second-order valence-corrected chi connectivity index (χ2v) is 7.15. The van der Waals surface area contributed by atoms with Gasteiger partial charge in [0.15, 0.2) is 6.79 Å². The van der Waals surface area contributed by atoms with Gasteiger partial charge in [0.1, 0.15) is 18.1 Å². The molecular weight excluding hydrogens is 408 g/mol. The number of fused-ring (bicyclic) bond motifs is 1. The SMILES string of the molecule is COc1ccccc1N1CC(C(=O)OCc2cc([N+](=O)[O-])cc3c2OCOC3)CC1=O. The number of nitro benzene ring substituents is 1. The molecule has 0 aliphatic carbocycles. The number of carbonyl (C=O) groups is 2. The van der Waals surface area contributed by atoms with Crippen LogP contribution >= 0.6 is 0 Å². The molecule has 0 spiro atoms. The third kappa shape index (κ3) is 4.15. The van der Waals surface area contributed by atoms with E-state index < -0.39 is 16.8 Å². The van der Waals surface area contributed by atoms with Crippen LogP contribution in [0.5, 0.6) is 11.5 Å². The molecule has 2 aromatic rings. The van der Waals surface area contributed by atoms with Crippen molar-refractivity contribution in [3.8, 4) is 11.5 Å². The van der Waals surface area contributed by atoms with Crippen LogP contribution in [0.4, 0.5) is 11.4 Å². The zero-order valence-corrected chi connectivity index (χ0v) is 16.7. The van der Waals surface area contributed by atoms with Crippen molar-refractivity contribution in [2.45, 2.75) is 19.6 Å². The predicted octanol–water partition coefficient (Wildman–Crippen LogP) is 2.57. The molecule has 0 N–H and O–H groups in total. The number of carbonyl (C=O) groups excluding carboxylic acids is 2. The Morgan fingerprint density at radius 2 is 2.13 bits per heavy atom. The molecule has 10 heteroatoms. The minimum atomic E-state index is -0.656. The lowest BCUT2D eigenvalue weighted by Gasteiger charge is -2.21. The number of esters is 1. The van der Waals surface area contributed by atoms with Crippen molar-refractivity contribution >= 4 is 23.3 Å². The molecule has 1 saturated heterocycles. The van der Waals surface area contributed by atoms with E-state index in [-0.39, 0.29) is 44.6 Å². The number of hydrogen-bond acceptors (Lipinski definition) is 8. The lowest BCUT2D eigenvalue weighted by atomic mass is 10.1. The molecule has 2 heterocycles. The fourth-order valence-corrected chi connectivity index (χ4v) is 3.71. The van der Waals surface area contributed by atoms with E-state index in [9.17, 15) is 19.7 Å². The van der Waals surface area contributed by atoms with Gasteiger partial charge in [-0.2, -0.15) is 0 Å². The van der Waals surface area contributed by atoms with Crippen molar-refractivity contribution in [2.75, 3.05) is 25.3 Å². The summed E-state index contributed by atoms with van der Waals surface area (Å²) in [6.45, 7) is 0.136. The largest absolute Gasteiger partial charge is 0.495 e. The molecule has 1 amide bonds. The third-order valence-electron chi connectivity index (χ3n) is 5.19. The van der Waals surface area contributed by atoms with E-state index in [2.05, 4.69) is 0 Å². The van der Waals surface area contributed by atoms with E-state index in [0.29, 0.717) is 28.3 Å². The predicted molar refractivity (Wildman–Crippen MR) is 107 cm³/mol. The number of methoxy groups -OCH3 is 1. The first-order valence-electron chi connectivity index (χ1n) is 9.58. The standard InChI is InChI=1S/C21H20N2O8/c1-28-18-5-3-2-4-17(18)22-9-13(8-19(22)24)21(25)30-11-15-7-16(23(26)27)6-14-10-29-12-31-20(14)15/h2-7,13H,8-12H2,1H3. The summed E-state index contributed by atoms with van der Waals surface area (Å²) in [7, 11) is 1.51. The van der Waals surface area contributed by atoms with E-state index in [4.69, 9.17) is 18.9 Å². The Balaban J connectivity index is 1.47. The number of anilines is 1. The van der Waals surface area contributed by atoms with Crippen LogP contribution in [0.15, 0.2) is 36.4 Å². The minimum absolute atomic E-state index is 0.00820. The van der Waals surface area contributed by atoms with Gasteiger partial charge in [-0.25, -0.2) is 0 Å². The maximum Gasteiger partial charge on any atom is 0.311 e. The molecule has 2 aliphatic heterocycles. The molecule has 1 fully saturated rings. The van der Waals surface area contributed by atoms with Gasteiger partial charge in [0.05, 0.1) is 30.2 Å². The lowest BCUT2D eigenvalue weighted by Crippen LogP contribution is -2.26. The monoisotopic (exact) mass is 428 g/mol. The summed E-state index contributed by atoms with van der Waals surface area (Å²) in [5.41, 5.74) is 1.35. The number of benzene rings is 2. The van der Waals surface area contributed by atoms with Gasteiger partial charge in [-0.15, -0.1) is 0 Å². The Morgan fingerprint density at radius 1 is 1.32 bits per heavy atom. The van der Waals surface area contributed by atoms with E-state index >= 15 is 0 Å². The van der Waals surface area contributed by atoms with Crippen LogP contribution in [-0.2, 0) is 32.3 Å². The molecular formula is C21H20N2O8. The van der Waals surface area contributed by atoms with Crippen LogP contribution in [0.1, 0.15) is 17.5 Å². The van der Waals surface area contributed by atoms with Gasteiger partial charge in [-0.1, -0.05) is 12.1 Å². The van der Waals surface area contributed by atoms with E-state index in [0.717, 1.165) is 0 Å². The molecule has 162 valence electrons. The second-order valence-electron chi connectivity index (χ2n) is 7.15. The van der Waals surface area contributed by atoms with Crippen molar-refractivity contribution < 1.29 is 33.5 Å². The first kappa shape index (κ1) is 20.6. The average molecular weight is 428 g/mol. The van der Waals surface area contributed by atoms with Crippen LogP contribution in [0.3, 0.4) is 0 Å². The molecule has 0 bridgehead atoms. The van der Waals surface area contributed by atoms with Crippen LogP contribution in [0.2, 0.25) is 0 Å². The van der Waals surface area contributed by atoms with Gasteiger partial charge < -0.3 is 23.8 Å². The van der Waals surface area contributed by atoms with Crippen LogP contribution in [-0.4, -0.2) is 37.2 Å². The summed E-state index contributed by atoms with van der Waals surface area (Å²) in [5.74, 6) is -0.468. The Bertz CT molecular complexity index is 1040. The van der Waals surface area contributed by atoms with Gasteiger partial charge in [-0.05, 0) is 12.1 Å². The summed E-state index contributed by atoms with van der Waals surface area (Å²) in [6, 6.07) is 9.76. The quantitative estimate of drug-likeness (QED) is 0.391. The molecule has 0 saturated carbocycles. The normalized spacial score (nSPS) is 17.6. The second kappa shape index (κ2) is 8.60. The van der Waals surface area contributed by atoms with Crippen molar-refractivity contribution in [2.24, 2.45) is 5.92 Å². The molecule has 10 nitrogen and oxygen atoms in total. The van der Waals surface area contributed by atoms with Gasteiger partial charge in [-0.3, -0.25) is 19.7 Å². The van der Waals surface area contributed by atoms with Gasteiger partial charge in [0.25, 0.3) is 5.69 Å². The van der Waals surface area contributed by atoms with Crippen molar-refractivity contribution in [3.63, 3.8) is 0 Å². The number of non-ortho nitro benzene ring substituents is 1. The fourth-order valence-electron chi connectivity index (χ4n) is 3.71. The van der Waals surface area contributed by atoms with E-state index in [1.165, 1.54) is 24.1 Å². The highest BCUT2D eigenvalue weighted by molar-refractivity contribution is 6.00. The highest BCUT2D eigenvalue weighted by Gasteiger charge is 2.37. The zero-order valence-electron chi connectivity index (χ0n) is 16.7. The Hall–Kier alpha value is -3.66. The van der Waals surface area contributed by atoms with Crippen LogP contribution < -0.4 is 14.4 Å². The van der Waals surface area contributed by atoms with Gasteiger partial charge in [0.2, 0.25) is 5.91 Å². The highest BCUT2D eigenvalue weighted by Crippen LogP contribution is 2.35. The summed E-state index contributed by atoms with van der Waals surface area (Å²) in [6.07, 6.45) is 0.00820. The molecule has 0 radical (unpaired) electrons. The molecule has 1 unspecified atom stereocenters. The summed E-state index contributed by atoms with van der Waals surface area (Å²) in [5, 5.41) is 11.2. The van der Waals surface area contributed by atoms with Gasteiger partial charge >= 0.3 is 5.97 Å². The number of ether oxygens (including phenoxy) is 4. The molecule has 2 aliphatic rings. The smallest absolute Gasteiger partial charge is 0.311 e. The average Bonchev–Trinajstić information content (AvgIpc) is 3.18. The maximum absolute atomic E-state index is 12.7. The molecule has 4 rings (SSSR count). The number of rotatable bonds is 6.